The fraction of sp³-hybridized carbons (Fsp3) is 0.500. The molecule has 1 saturated carbocycles. The summed E-state index contributed by atoms with van der Waals surface area (Å²) < 4.78 is 0. The molecular weight excluding hydrogens is 266 g/mol. The third-order valence-electron chi connectivity index (χ3n) is 3.81. The molecule has 1 heterocycles. The fourth-order valence-electron chi connectivity index (χ4n) is 2.70. The number of carboxylic acid groups (broad SMARTS) is 1. The minimum absolute atomic E-state index is 0.172. The van der Waals surface area contributed by atoms with Gasteiger partial charge in [-0.15, -0.1) is 0 Å². The van der Waals surface area contributed by atoms with Gasteiger partial charge in [0, 0.05) is 6.04 Å². The number of aromatic nitrogens is 2. The zero-order valence-corrected chi connectivity index (χ0v) is 12.6. The van der Waals surface area contributed by atoms with E-state index < -0.39 is 5.97 Å². The number of fused-ring (bicyclic) bond motifs is 1. The normalized spacial score (nSPS) is 21.4. The molecule has 1 aliphatic carbocycles. The molecule has 1 fully saturated rings. The van der Waals surface area contributed by atoms with E-state index in [2.05, 4.69) is 15.3 Å². The van der Waals surface area contributed by atoms with Gasteiger partial charge in [0.2, 0.25) is 5.95 Å². The smallest absolute Gasteiger partial charge is 0.306 e. The number of hydrogen-bond acceptors (Lipinski definition) is 3. The quantitative estimate of drug-likeness (QED) is 0.806. The fourth-order valence-corrected chi connectivity index (χ4v) is 2.70. The lowest BCUT2D eigenvalue weighted by Crippen LogP contribution is -2.29. The number of nitrogens with one attached hydrogen (secondary N) is 2. The Hall–Kier alpha value is -2.04. The predicted octanol–water partition coefficient (Wildman–Crippen LogP) is 3.64. The van der Waals surface area contributed by atoms with Gasteiger partial charge in [0.1, 0.15) is 0 Å². The van der Waals surface area contributed by atoms with E-state index in [4.69, 9.17) is 5.11 Å². The molecule has 0 atom stereocenters. The van der Waals surface area contributed by atoms with Crippen LogP contribution in [0, 0.1) is 5.92 Å². The summed E-state index contributed by atoms with van der Waals surface area (Å²) in [6, 6.07) is 8.22. The number of imidazole rings is 1. The molecule has 1 aromatic carbocycles. The molecule has 0 amide bonds. The van der Waals surface area contributed by atoms with Gasteiger partial charge >= 0.3 is 5.97 Å². The van der Waals surface area contributed by atoms with E-state index in [0.29, 0.717) is 6.04 Å². The molecule has 0 aliphatic heterocycles. The number of H-pyrrole nitrogens is 1. The van der Waals surface area contributed by atoms with Crippen LogP contribution in [0.25, 0.3) is 11.0 Å². The van der Waals surface area contributed by atoms with Crippen LogP contribution in [0.4, 0.5) is 5.95 Å². The lowest BCUT2D eigenvalue weighted by atomic mass is 9.86. The Morgan fingerprint density at radius 3 is 2.52 bits per heavy atom. The van der Waals surface area contributed by atoms with Crippen molar-refractivity contribution in [2.75, 3.05) is 5.32 Å². The average Bonchev–Trinajstić information content (AvgIpc) is 2.92. The van der Waals surface area contributed by atoms with E-state index in [9.17, 15) is 4.79 Å². The molecule has 3 rings (SSSR count). The van der Waals surface area contributed by atoms with Crippen LogP contribution < -0.4 is 5.32 Å². The van der Waals surface area contributed by atoms with Gasteiger partial charge in [-0.25, -0.2) is 4.98 Å². The lowest BCUT2D eigenvalue weighted by molar-refractivity contribution is -0.142. The van der Waals surface area contributed by atoms with E-state index in [0.717, 1.165) is 42.7 Å². The number of aliphatic carboxylic acids is 1. The van der Waals surface area contributed by atoms with Crippen LogP contribution in [0.3, 0.4) is 0 Å². The molecule has 3 N–H and O–H groups in total. The summed E-state index contributed by atoms with van der Waals surface area (Å²) in [5, 5.41) is 12.3. The van der Waals surface area contributed by atoms with Gasteiger partial charge in [0.25, 0.3) is 0 Å². The molecular formula is C16H23N3O2. The maximum atomic E-state index is 10.9. The van der Waals surface area contributed by atoms with Crippen molar-refractivity contribution in [3.63, 3.8) is 0 Å². The van der Waals surface area contributed by atoms with Crippen LogP contribution in [-0.2, 0) is 4.79 Å². The van der Waals surface area contributed by atoms with Crippen molar-refractivity contribution >= 4 is 23.0 Å². The molecule has 0 unspecified atom stereocenters. The molecule has 0 spiro atoms. The Bertz CT molecular complexity index is 553. The SMILES string of the molecule is CC.O=C(O)C1CCC(Nc2nc3ccccc3[nH]2)CC1. The molecule has 5 nitrogen and oxygen atoms in total. The summed E-state index contributed by atoms with van der Waals surface area (Å²) in [5.74, 6) is -0.0594. The maximum Gasteiger partial charge on any atom is 0.306 e. The highest BCUT2D eigenvalue weighted by Gasteiger charge is 2.26. The highest BCUT2D eigenvalue weighted by molar-refractivity contribution is 5.77. The second-order valence-corrected chi connectivity index (χ2v) is 5.13. The van der Waals surface area contributed by atoms with Gasteiger partial charge in [-0.05, 0) is 37.8 Å². The summed E-state index contributed by atoms with van der Waals surface area (Å²) in [7, 11) is 0. The number of anilines is 1. The number of benzene rings is 1. The van der Waals surface area contributed by atoms with Crippen LogP contribution in [0.5, 0.6) is 0 Å². The first-order chi connectivity index (χ1) is 10.2. The summed E-state index contributed by atoms with van der Waals surface area (Å²) in [6.07, 6.45) is 3.25. The Morgan fingerprint density at radius 1 is 1.24 bits per heavy atom. The Labute approximate surface area is 124 Å². The van der Waals surface area contributed by atoms with Crippen molar-refractivity contribution in [1.82, 2.24) is 9.97 Å². The molecule has 0 bridgehead atoms. The summed E-state index contributed by atoms with van der Waals surface area (Å²) in [4.78, 5) is 18.6. The van der Waals surface area contributed by atoms with Crippen molar-refractivity contribution in [2.45, 2.75) is 45.6 Å². The first-order valence-corrected chi connectivity index (χ1v) is 7.66. The molecule has 1 aliphatic rings. The number of nitrogens with zero attached hydrogens (tertiary/aromatic N) is 1. The van der Waals surface area contributed by atoms with Crippen LogP contribution in [-0.4, -0.2) is 27.1 Å². The summed E-state index contributed by atoms with van der Waals surface area (Å²) in [6.45, 7) is 4.00. The molecule has 5 heteroatoms. The average molecular weight is 289 g/mol. The second-order valence-electron chi connectivity index (χ2n) is 5.13. The van der Waals surface area contributed by atoms with Crippen LogP contribution >= 0.6 is 0 Å². The zero-order valence-electron chi connectivity index (χ0n) is 12.6. The summed E-state index contributed by atoms with van der Waals surface area (Å²) in [5.41, 5.74) is 1.97. The van der Waals surface area contributed by atoms with Crippen LogP contribution in [0.15, 0.2) is 24.3 Å². The van der Waals surface area contributed by atoms with Gasteiger partial charge in [-0.1, -0.05) is 26.0 Å². The Kier molecular flexibility index (Phi) is 5.20. The first kappa shape index (κ1) is 15.4. The van der Waals surface area contributed by atoms with Crippen molar-refractivity contribution < 1.29 is 9.90 Å². The number of carboxylic acids is 1. The molecule has 21 heavy (non-hydrogen) atoms. The third-order valence-corrected chi connectivity index (χ3v) is 3.81. The third kappa shape index (κ3) is 3.74. The molecule has 0 saturated heterocycles. The number of hydrogen-bond donors (Lipinski definition) is 3. The monoisotopic (exact) mass is 289 g/mol. The van der Waals surface area contributed by atoms with E-state index in [-0.39, 0.29) is 5.92 Å². The topological polar surface area (TPSA) is 78.0 Å². The first-order valence-electron chi connectivity index (χ1n) is 7.66. The van der Waals surface area contributed by atoms with E-state index in [1.54, 1.807) is 0 Å². The van der Waals surface area contributed by atoms with E-state index in [1.165, 1.54) is 0 Å². The Balaban J connectivity index is 0.000000774. The second kappa shape index (κ2) is 7.11. The van der Waals surface area contributed by atoms with Crippen molar-refractivity contribution in [1.29, 1.82) is 0 Å². The van der Waals surface area contributed by atoms with E-state index >= 15 is 0 Å². The maximum absolute atomic E-state index is 10.9. The minimum Gasteiger partial charge on any atom is -0.481 e. The lowest BCUT2D eigenvalue weighted by Gasteiger charge is -2.26. The number of rotatable bonds is 3. The van der Waals surface area contributed by atoms with Crippen LogP contribution in [0.2, 0.25) is 0 Å². The van der Waals surface area contributed by atoms with Gasteiger partial charge < -0.3 is 15.4 Å². The molecule has 0 radical (unpaired) electrons. The van der Waals surface area contributed by atoms with Crippen LogP contribution in [0.1, 0.15) is 39.5 Å². The van der Waals surface area contributed by atoms with Gasteiger partial charge in [-0.3, -0.25) is 4.79 Å². The largest absolute Gasteiger partial charge is 0.481 e. The van der Waals surface area contributed by atoms with E-state index in [1.807, 2.05) is 38.1 Å². The highest BCUT2D eigenvalue weighted by atomic mass is 16.4. The molecule has 2 aromatic rings. The highest BCUT2D eigenvalue weighted by Crippen LogP contribution is 2.26. The van der Waals surface area contributed by atoms with Crippen molar-refractivity contribution in [3.8, 4) is 0 Å². The summed E-state index contributed by atoms with van der Waals surface area (Å²) >= 11 is 0. The predicted molar refractivity (Wildman–Crippen MR) is 84.4 cm³/mol. The minimum atomic E-state index is -0.665. The number of aromatic amines is 1. The van der Waals surface area contributed by atoms with Gasteiger partial charge in [-0.2, -0.15) is 0 Å². The zero-order chi connectivity index (χ0) is 15.2. The Morgan fingerprint density at radius 2 is 1.90 bits per heavy atom. The number of carbonyl (C=O) groups is 1. The standard InChI is InChI=1S/C14H17N3O2.C2H6/c18-13(19)9-5-7-10(8-6-9)15-14-16-11-3-1-2-4-12(11)17-14;1-2/h1-4,9-10H,5-8H2,(H,18,19)(H2,15,16,17);1-2H3. The van der Waals surface area contributed by atoms with Gasteiger partial charge in [0.15, 0.2) is 0 Å². The van der Waals surface area contributed by atoms with Crippen molar-refractivity contribution in [3.05, 3.63) is 24.3 Å². The van der Waals surface area contributed by atoms with Gasteiger partial charge in [0.05, 0.1) is 17.0 Å². The molecule has 1 aromatic heterocycles. The number of para-hydroxylation sites is 2. The molecule has 114 valence electrons. The van der Waals surface area contributed by atoms with Crippen molar-refractivity contribution in [2.24, 2.45) is 5.92 Å².